The number of hydrogen-bond donors (Lipinski definition) is 0. The van der Waals surface area contributed by atoms with Crippen LogP contribution < -0.4 is 0 Å². The Morgan fingerprint density at radius 3 is 2.59 bits per heavy atom. The molecule has 2 amide bonds. The number of nitrogens with zero attached hydrogens (tertiary/aromatic N) is 3. The first kappa shape index (κ1) is 19.7. The molecule has 2 aliphatic heterocycles. The molecule has 1 aromatic heterocycles. The van der Waals surface area contributed by atoms with Crippen LogP contribution in [-0.2, 0) is 11.2 Å². The second kappa shape index (κ2) is 8.31. The molecule has 0 aliphatic carbocycles. The third-order valence-corrected chi connectivity index (χ3v) is 5.77. The van der Waals surface area contributed by atoms with E-state index in [1.807, 2.05) is 16.7 Å². The van der Waals surface area contributed by atoms with Gasteiger partial charge >= 0.3 is 6.09 Å². The van der Waals surface area contributed by atoms with Crippen LogP contribution in [0, 0.1) is 6.92 Å². The van der Waals surface area contributed by atoms with Gasteiger partial charge in [0.05, 0.1) is 12.2 Å². The largest absolute Gasteiger partial charge is 0.441 e. The first-order valence-electron chi connectivity index (χ1n) is 10.2. The fraction of sp³-hybridized carbons (Fsp3) is 0.750. The fourth-order valence-electron chi connectivity index (χ4n) is 4.06. The van der Waals surface area contributed by atoms with Gasteiger partial charge < -0.3 is 19.1 Å². The van der Waals surface area contributed by atoms with E-state index in [1.165, 1.54) is 12.8 Å². The molecule has 27 heavy (non-hydrogen) atoms. The third-order valence-electron chi connectivity index (χ3n) is 5.77. The van der Waals surface area contributed by atoms with E-state index in [2.05, 4.69) is 12.1 Å². The van der Waals surface area contributed by atoms with Crippen molar-refractivity contribution in [2.75, 3.05) is 26.2 Å². The number of amides is 2. The van der Waals surface area contributed by atoms with Crippen molar-refractivity contribution in [1.29, 1.82) is 0 Å². The molecule has 150 valence electrons. The van der Waals surface area contributed by atoms with Crippen molar-refractivity contribution < 1.29 is 18.8 Å². The van der Waals surface area contributed by atoms with Gasteiger partial charge in [0, 0.05) is 32.5 Å². The van der Waals surface area contributed by atoms with Crippen LogP contribution in [0.5, 0.6) is 0 Å². The van der Waals surface area contributed by atoms with Gasteiger partial charge in [0.1, 0.15) is 16.9 Å². The maximum atomic E-state index is 12.9. The molecule has 7 heteroatoms. The summed E-state index contributed by atoms with van der Waals surface area (Å²) in [5, 5.41) is 3.98. The molecule has 0 saturated carbocycles. The Kier molecular flexibility index (Phi) is 6.07. The minimum absolute atomic E-state index is 0.0267. The Bertz CT molecular complexity index is 677. The first-order chi connectivity index (χ1) is 13.0. The van der Waals surface area contributed by atoms with E-state index < -0.39 is 5.60 Å². The van der Waals surface area contributed by atoms with E-state index in [4.69, 9.17) is 9.26 Å². The number of unbranched alkanes of at least 4 members (excludes halogenated alkanes) is 3. The normalized spacial score (nSPS) is 19.0. The average Bonchev–Trinajstić information content (AvgIpc) is 3.18. The number of ether oxygens (including phenoxy) is 1. The van der Waals surface area contributed by atoms with Crippen molar-refractivity contribution in [2.45, 2.75) is 71.3 Å². The van der Waals surface area contributed by atoms with E-state index in [1.54, 1.807) is 6.92 Å². The SMILES string of the molecule is CCCCCCN1CC2(CCN(C(=O)c3c(CC)noc3C)CC2)OC1=O. The van der Waals surface area contributed by atoms with Crippen molar-refractivity contribution in [1.82, 2.24) is 15.0 Å². The number of likely N-dealkylation sites (tertiary alicyclic amines) is 1. The van der Waals surface area contributed by atoms with Crippen molar-refractivity contribution in [3.05, 3.63) is 17.0 Å². The van der Waals surface area contributed by atoms with Gasteiger partial charge in [-0.15, -0.1) is 0 Å². The van der Waals surface area contributed by atoms with E-state index in [9.17, 15) is 9.59 Å². The quantitative estimate of drug-likeness (QED) is 0.679. The highest BCUT2D eigenvalue weighted by molar-refractivity contribution is 5.96. The van der Waals surface area contributed by atoms with E-state index in [0.29, 0.717) is 55.9 Å². The van der Waals surface area contributed by atoms with Crippen LogP contribution in [0.15, 0.2) is 4.52 Å². The summed E-state index contributed by atoms with van der Waals surface area (Å²) >= 11 is 0. The fourth-order valence-corrected chi connectivity index (χ4v) is 4.06. The molecular weight excluding hydrogens is 346 g/mol. The van der Waals surface area contributed by atoms with Crippen molar-refractivity contribution >= 4 is 12.0 Å². The van der Waals surface area contributed by atoms with Crippen molar-refractivity contribution in [3.8, 4) is 0 Å². The second-order valence-corrected chi connectivity index (χ2v) is 7.74. The third kappa shape index (κ3) is 4.12. The molecule has 3 rings (SSSR count). The topological polar surface area (TPSA) is 75.9 Å². The number of hydrogen-bond acceptors (Lipinski definition) is 5. The molecule has 7 nitrogen and oxygen atoms in total. The maximum Gasteiger partial charge on any atom is 0.410 e. The molecule has 2 saturated heterocycles. The molecule has 0 aromatic carbocycles. The molecule has 2 aliphatic rings. The van der Waals surface area contributed by atoms with Gasteiger partial charge in [0.15, 0.2) is 0 Å². The van der Waals surface area contributed by atoms with E-state index in [-0.39, 0.29) is 12.0 Å². The smallest absolute Gasteiger partial charge is 0.410 e. The Hall–Kier alpha value is -2.05. The number of aryl methyl sites for hydroxylation is 2. The predicted molar refractivity (Wildman–Crippen MR) is 101 cm³/mol. The number of piperidine rings is 1. The van der Waals surface area contributed by atoms with Crippen LogP contribution in [0.4, 0.5) is 4.79 Å². The molecule has 0 radical (unpaired) electrons. The van der Waals surface area contributed by atoms with Gasteiger partial charge in [-0.05, 0) is 19.8 Å². The van der Waals surface area contributed by atoms with Crippen LogP contribution in [0.2, 0.25) is 0 Å². The van der Waals surface area contributed by atoms with E-state index in [0.717, 1.165) is 19.4 Å². The van der Waals surface area contributed by atoms with Crippen LogP contribution in [0.1, 0.15) is 74.2 Å². The average molecular weight is 377 g/mol. The minimum Gasteiger partial charge on any atom is -0.441 e. The lowest BCUT2D eigenvalue weighted by Crippen LogP contribution is -2.49. The summed E-state index contributed by atoms with van der Waals surface area (Å²) < 4.78 is 11.0. The van der Waals surface area contributed by atoms with Crippen molar-refractivity contribution in [2.24, 2.45) is 0 Å². The summed E-state index contributed by atoms with van der Waals surface area (Å²) in [5.41, 5.74) is 0.869. The lowest BCUT2D eigenvalue weighted by molar-refractivity contribution is 0.00308. The van der Waals surface area contributed by atoms with Gasteiger partial charge in [0.2, 0.25) is 0 Å². The number of aromatic nitrogens is 1. The number of carbonyl (C=O) groups excluding carboxylic acids is 2. The Balaban J connectivity index is 1.56. The van der Waals surface area contributed by atoms with Gasteiger partial charge in [0.25, 0.3) is 5.91 Å². The van der Waals surface area contributed by atoms with Crippen LogP contribution in [-0.4, -0.2) is 58.7 Å². The summed E-state index contributed by atoms with van der Waals surface area (Å²) in [7, 11) is 0. The highest BCUT2D eigenvalue weighted by atomic mass is 16.6. The molecule has 0 N–H and O–H groups in total. The zero-order valence-corrected chi connectivity index (χ0v) is 16.8. The van der Waals surface area contributed by atoms with Crippen LogP contribution >= 0.6 is 0 Å². The number of carbonyl (C=O) groups is 2. The van der Waals surface area contributed by atoms with E-state index >= 15 is 0 Å². The summed E-state index contributed by atoms with van der Waals surface area (Å²) in [6.07, 6.45) is 6.39. The minimum atomic E-state index is -0.435. The molecule has 0 unspecified atom stereocenters. The monoisotopic (exact) mass is 377 g/mol. The zero-order chi connectivity index (χ0) is 19.4. The van der Waals surface area contributed by atoms with Crippen LogP contribution in [0.3, 0.4) is 0 Å². The Morgan fingerprint density at radius 2 is 1.93 bits per heavy atom. The Labute approximate surface area is 161 Å². The number of rotatable bonds is 7. The molecule has 1 spiro atoms. The Morgan fingerprint density at radius 1 is 1.19 bits per heavy atom. The maximum absolute atomic E-state index is 12.9. The first-order valence-corrected chi connectivity index (χ1v) is 10.2. The summed E-state index contributed by atoms with van der Waals surface area (Å²) in [6.45, 7) is 8.51. The molecule has 0 bridgehead atoms. The lowest BCUT2D eigenvalue weighted by atomic mass is 9.90. The highest BCUT2D eigenvalue weighted by Crippen LogP contribution is 2.34. The summed E-state index contributed by atoms with van der Waals surface area (Å²) in [4.78, 5) is 28.8. The summed E-state index contributed by atoms with van der Waals surface area (Å²) in [5.74, 6) is 0.545. The van der Waals surface area contributed by atoms with Gasteiger partial charge in [-0.25, -0.2) is 4.79 Å². The standard InChI is InChI=1S/C20H31N3O4/c1-4-6-7-8-11-23-14-20(26-19(23)25)9-12-22(13-10-20)18(24)17-15(3)27-21-16(17)5-2/h4-14H2,1-3H3. The zero-order valence-electron chi connectivity index (χ0n) is 16.8. The van der Waals surface area contributed by atoms with Crippen LogP contribution in [0.25, 0.3) is 0 Å². The highest BCUT2D eigenvalue weighted by Gasteiger charge is 2.47. The second-order valence-electron chi connectivity index (χ2n) is 7.74. The summed E-state index contributed by atoms with van der Waals surface area (Å²) in [6, 6.07) is 0. The van der Waals surface area contributed by atoms with Gasteiger partial charge in [-0.3, -0.25) is 4.79 Å². The van der Waals surface area contributed by atoms with Gasteiger partial charge in [-0.2, -0.15) is 0 Å². The molecule has 1 aromatic rings. The molecule has 2 fully saturated rings. The predicted octanol–water partition coefficient (Wildman–Crippen LogP) is 3.55. The molecular formula is C20H31N3O4. The van der Waals surface area contributed by atoms with Gasteiger partial charge in [-0.1, -0.05) is 38.3 Å². The molecule has 0 atom stereocenters. The van der Waals surface area contributed by atoms with Crippen molar-refractivity contribution in [3.63, 3.8) is 0 Å². The molecule has 3 heterocycles. The lowest BCUT2D eigenvalue weighted by Gasteiger charge is -2.37.